The van der Waals surface area contributed by atoms with Gasteiger partial charge in [0.25, 0.3) is 0 Å². The highest BCUT2D eigenvalue weighted by atomic mass is 16.5. The highest BCUT2D eigenvalue weighted by Gasteiger charge is 2.35. The summed E-state index contributed by atoms with van der Waals surface area (Å²) in [6.45, 7) is 5.33. The van der Waals surface area contributed by atoms with Gasteiger partial charge in [0.1, 0.15) is 0 Å². The average molecular weight is 152 g/mol. The minimum absolute atomic E-state index is 0.0411. The van der Waals surface area contributed by atoms with Gasteiger partial charge in [-0.3, -0.25) is 0 Å². The van der Waals surface area contributed by atoms with Gasteiger partial charge in [0, 0.05) is 6.61 Å². The zero-order chi connectivity index (χ0) is 7.90. The molecule has 0 aromatic rings. The van der Waals surface area contributed by atoms with E-state index in [1.54, 1.807) is 5.57 Å². The summed E-state index contributed by atoms with van der Waals surface area (Å²) in [5.74, 6) is 0.846. The smallest absolute Gasteiger partial charge is 0.0838 e. The summed E-state index contributed by atoms with van der Waals surface area (Å²) in [6, 6.07) is 0. The quantitative estimate of drug-likeness (QED) is 0.485. The molecule has 1 aliphatic heterocycles. The van der Waals surface area contributed by atoms with Gasteiger partial charge in [0.2, 0.25) is 0 Å². The molecule has 0 aromatic heterocycles. The summed E-state index contributed by atoms with van der Waals surface area (Å²) in [4.78, 5) is 0. The normalized spacial score (nSPS) is 34.7. The minimum Gasteiger partial charge on any atom is -0.371 e. The van der Waals surface area contributed by atoms with E-state index in [0.717, 1.165) is 12.5 Å². The third-order valence-corrected chi connectivity index (χ3v) is 2.94. The first kappa shape index (κ1) is 7.35. The first-order chi connectivity index (χ1) is 5.20. The van der Waals surface area contributed by atoms with Gasteiger partial charge in [-0.15, -0.1) is 0 Å². The maximum Gasteiger partial charge on any atom is 0.0838 e. The highest BCUT2D eigenvalue weighted by Crippen LogP contribution is 2.41. The molecule has 2 aliphatic rings. The number of fused-ring (bicyclic) bond motifs is 1. The van der Waals surface area contributed by atoms with E-state index < -0.39 is 0 Å². The van der Waals surface area contributed by atoms with Crippen molar-refractivity contribution in [1.82, 2.24) is 0 Å². The molecule has 0 amide bonds. The maximum absolute atomic E-state index is 5.71. The van der Waals surface area contributed by atoms with Crippen molar-refractivity contribution in [3.63, 3.8) is 0 Å². The Morgan fingerprint density at radius 2 is 2.27 bits per heavy atom. The second-order valence-electron chi connectivity index (χ2n) is 4.08. The van der Waals surface area contributed by atoms with Crippen LogP contribution >= 0.6 is 0 Å². The third kappa shape index (κ3) is 1.12. The Labute approximate surface area is 68.4 Å². The van der Waals surface area contributed by atoms with Gasteiger partial charge in [0.05, 0.1) is 5.60 Å². The maximum atomic E-state index is 5.71. The van der Waals surface area contributed by atoms with Crippen molar-refractivity contribution in [1.29, 1.82) is 0 Å². The molecule has 0 bridgehead atoms. The molecule has 0 aromatic carbocycles. The van der Waals surface area contributed by atoms with Crippen LogP contribution in [0.1, 0.15) is 33.1 Å². The SMILES string of the molecule is CC1(C)OCCC2CCC=C21. The molecule has 2 rings (SSSR count). The van der Waals surface area contributed by atoms with Crippen molar-refractivity contribution in [3.8, 4) is 0 Å². The van der Waals surface area contributed by atoms with Crippen LogP contribution < -0.4 is 0 Å². The summed E-state index contributed by atoms with van der Waals surface area (Å²) in [7, 11) is 0. The standard InChI is InChI=1S/C10H16O/c1-10(2)9-5-3-4-8(9)6-7-11-10/h5,8H,3-4,6-7H2,1-2H3. The lowest BCUT2D eigenvalue weighted by atomic mass is 9.84. The van der Waals surface area contributed by atoms with Crippen LogP contribution in [-0.4, -0.2) is 12.2 Å². The Hall–Kier alpha value is -0.300. The monoisotopic (exact) mass is 152 g/mol. The molecule has 1 atom stereocenters. The van der Waals surface area contributed by atoms with Crippen LogP contribution in [0.4, 0.5) is 0 Å². The molecule has 0 spiro atoms. The molecule has 1 fully saturated rings. The third-order valence-electron chi connectivity index (χ3n) is 2.94. The van der Waals surface area contributed by atoms with Crippen molar-refractivity contribution in [2.45, 2.75) is 38.7 Å². The Morgan fingerprint density at radius 3 is 3.00 bits per heavy atom. The van der Waals surface area contributed by atoms with E-state index in [2.05, 4.69) is 19.9 Å². The van der Waals surface area contributed by atoms with E-state index in [-0.39, 0.29) is 5.60 Å². The first-order valence-electron chi connectivity index (χ1n) is 4.54. The number of hydrogen-bond donors (Lipinski definition) is 0. The minimum atomic E-state index is 0.0411. The van der Waals surface area contributed by atoms with E-state index >= 15 is 0 Å². The molecule has 1 nitrogen and oxygen atoms in total. The molecule has 0 radical (unpaired) electrons. The van der Waals surface area contributed by atoms with Crippen LogP contribution in [0.5, 0.6) is 0 Å². The van der Waals surface area contributed by atoms with Crippen LogP contribution in [0, 0.1) is 5.92 Å². The van der Waals surface area contributed by atoms with Gasteiger partial charge in [-0.2, -0.15) is 0 Å². The Balaban J connectivity index is 2.24. The Morgan fingerprint density at radius 1 is 1.45 bits per heavy atom. The summed E-state index contributed by atoms with van der Waals surface area (Å²) in [5, 5.41) is 0. The molecule has 1 unspecified atom stereocenters. The lowest BCUT2D eigenvalue weighted by molar-refractivity contribution is -0.0255. The van der Waals surface area contributed by atoms with E-state index in [4.69, 9.17) is 4.74 Å². The van der Waals surface area contributed by atoms with Gasteiger partial charge < -0.3 is 4.74 Å². The fraction of sp³-hybridized carbons (Fsp3) is 0.800. The van der Waals surface area contributed by atoms with Crippen molar-refractivity contribution in [2.24, 2.45) is 5.92 Å². The fourth-order valence-electron chi connectivity index (χ4n) is 2.34. The number of ether oxygens (including phenoxy) is 1. The number of hydrogen-bond acceptors (Lipinski definition) is 1. The molecule has 0 saturated carbocycles. The second-order valence-corrected chi connectivity index (χ2v) is 4.08. The van der Waals surface area contributed by atoms with Crippen LogP contribution in [-0.2, 0) is 4.74 Å². The summed E-state index contributed by atoms with van der Waals surface area (Å²) < 4.78 is 5.71. The molecule has 1 heteroatoms. The largest absolute Gasteiger partial charge is 0.371 e. The van der Waals surface area contributed by atoms with E-state index in [1.807, 2.05) is 0 Å². The van der Waals surface area contributed by atoms with Gasteiger partial charge >= 0.3 is 0 Å². The van der Waals surface area contributed by atoms with Crippen molar-refractivity contribution >= 4 is 0 Å². The topological polar surface area (TPSA) is 9.23 Å². The molecule has 1 aliphatic carbocycles. The van der Waals surface area contributed by atoms with Crippen LogP contribution in [0.3, 0.4) is 0 Å². The van der Waals surface area contributed by atoms with Gasteiger partial charge in [0.15, 0.2) is 0 Å². The van der Waals surface area contributed by atoms with E-state index in [1.165, 1.54) is 19.3 Å². The predicted molar refractivity (Wildman–Crippen MR) is 45.5 cm³/mol. The molecule has 0 N–H and O–H groups in total. The molecule has 11 heavy (non-hydrogen) atoms. The summed E-state index contributed by atoms with van der Waals surface area (Å²) in [5.41, 5.74) is 1.60. The lowest BCUT2D eigenvalue weighted by Gasteiger charge is -2.36. The zero-order valence-corrected chi connectivity index (χ0v) is 7.39. The molecule has 1 heterocycles. The lowest BCUT2D eigenvalue weighted by Crippen LogP contribution is -2.35. The summed E-state index contributed by atoms with van der Waals surface area (Å²) in [6.07, 6.45) is 6.26. The van der Waals surface area contributed by atoms with Crippen molar-refractivity contribution < 1.29 is 4.74 Å². The van der Waals surface area contributed by atoms with Gasteiger partial charge in [-0.1, -0.05) is 6.08 Å². The Bertz CT molecular complexity index is 191. The molecule has 1 saturated heterocycles. The fourth-order valence-corrected chi connectivity index (χ4v) is 2.34. The van der Waals surface area contributed by atoms with Gasteiger partial charge in [-0.05, 0) is 44.6 Å². The van der Waals surface area contributed by atoms with Crippen LogP contribution in [0.15, 0.2) is 11.6 Å². The van der Waals surface area contributed by atoms with E-state index in [9.17, 15) is 0 Å². The Kier molecular flexibility index (Phi) is 1.57. The summed E-state index contributed by atoms with van der Waals surface area (Å²) >= 11 is 0. The number of rotatable bonds is 0. The van der Waals surface area contributed by atoms with Crippen LogP contribution in [0.25, 0.3) is 0 Å². The molecular weight excluding hydrogens is 136 g/mol. The highest BCUT2D eigenvalue weighted by molar-refractivity contribution is 5.23. The average Bonchev–Trinajstić information content (AvgIpc) is 2.34. The van der Waals surface area contributed by atoms with Crippen molar-refractivity contribution in [2.75, 3.05) is 6.61 Å². The molecule has 62 valence electrons. The molecular formula is C10H16O. The van der Waals surface area contributed by atoms with Crippen molar-refractivity contribution in [3.05, 3.63) is 11.6 Å². The van der Waals surface area contributed by atoms with Crippen LogP contribution in [0.2, 0.25) is 0 Å². The number of allylic oxidation sites excluding steroid dienone is 1. The predicted octanol–water partition coefficient (Wildman–Crippen LogP) is 2.52. The first-order valence-corrected chi connectivity index (χ1v) is 4.54. The second kappa shape index (κ2) is 2.34. The van der Waals surface area contributed by atoms with E-state index in [0.29, 0.717) is 0 Å². The zero-order valence-electron chi connectivity index (χ0n) is 7.39. The van der Waals surface area contributed by atoms with Gasteiger partial charge in [-0.25, -0.2) is 0 Å².